The van der Waals surface area contributed by atoms with E-state index < -0.39 is 0 Å². The normalized spacial score (nSPS) is 32.7. The lowest BCUT2D eigenvalue weighted by atomic mass is 9.60. The lowest BCUT2D eigenvalue weighted by molar-refractivity contribution is 0.0426. The van der Waals surface area contributed by atoms with Gasteiger partial charge in [-0.3, -0.25) is 0 Å². The molecule has 0 aromatic rings. The highest BCUT2D eigenvalue weighted by atomic mass is 14.5. The lowest BCUT2D eigenvalue weighted by Gasteiger charge is -2.45. The van der Waals surface area contributed by atoms with Gasteiger partial charge in [0.1, 0.15) is 0 Å². The fraction of sp³-hybridized carbons (Fsp3) is 1.00. The third-order valence-corrected chi connectivity index (χ3v) is 6.71. The van der Waals surface area contributed by atoms with Crippen LogP contribution in [0.25, 0.3) is 0 Å². The average Bonchev–Trinajstić information content (AvgIpc) is 3.21. The van der Waals surface area contributed by atoms with Gasteiger partial charge in [0, 0.05) is 0 Å². The molecule has 2 aliphatic carbocycles. The van der Waals surface area contributed by atoms with E-state index in [1.807, 2.05) is 0 Å². The average molecular weight is 279 g/mol. The van der Waals surface area contributed by atoms with Gasteiger partial charge < -0.3 is 0 Å². The van der Waals surface area contributed by atoms with Crippen molar-refractivity contribution < 1.29 is 0 Å². The molecule has 2 fully saturated rings. The van der Waals surface area contributed by atoms with Gasteiger partial charge in [0.25, 0.3) is 0 Å². The molecule has 3 atom stereocenters. The molecule has 3 unspecified atom stereocenters. The summed E-state index contributed by atoms with van der Waals surface area (Å²) in [6.07, 6.45) is 10.4. The second kappa shape index (κ2) is 6.41. The Kier molecular flexibility index (Phi) is 5.24. The summed E-state index contributed by atoms with van der Waals surface area (Å²) in [6.45, 7) is 15.0. The maximum absolute atomic E-state index is 2.59. The molecule has 0 heterocycles. The highest BCUT2D eigenvalue weighted by molar-refractivity contribution is 4.92. The van der Waals surface area contributed by atoms with E-state index in [0.29, 0.717) is 5.41 Å². The van der Waals surface area contributed by atoms with Crippen LogP contribution in [0.5, 0.6) is 0 Å². The van der Waals surface area contributed by atoms with Crippen molar-refractivity contribution in [1.82, 2.24) is 0 Å². The van der Waals surface area contributed by atoms with Crippen molar-refractivity contribution in [3.05, 3.63) is 0 Å². The van der Waals surface area contributed by atoms with E-state index >= 15 is 0 Å². The number of rotatable bonds is 5. The number of hydrogen-bond acceptors (Lipinski definition) is 0. The van der Waals surface area contributed by atoms with Gasteiger partial charge in [0.15, 0.2) is 0 Å². The van der Waals surface area contributed by atoms with Crippen molar-refractivity contribution in [3.8, 4) is 0 Å². The number of hydrogen-bond donors (Lipinski definition) is 0. The van der Waals surface area contributed by atoms with Gasteiger partial charge in [-0.1, -0.05) is 60.8 Å². The fourth-order valence-electron chi connectivity index (χ4n) is 5.39. The SMILES string of the molecule is CCC1CCC(C(C)C(C(C)C2CC2)C(C)(C)C)CC1. The second-order valence-corrected chi connectivity index (χ2v) is 9.14. The van der Waals surface area contributed by atoms with Crippen molar-refractivity contribution in [3.63, 3.8) is 0 Å². The van der Waals surface area contributed by atoms with E-state index in [-0.39, 0.29) is 0 Å². The maximum Gasteiger partial charge on any atom is -0.0309 e. The van der Waals surface area contributed by atoms with Crippen LogP contribution < -0.4 is 0 Å². The standard InChI is InChI=1S/C20H38/c1-7-16-8-10-17(11-9-16)14(2)19(20(4,5)6)15(3)18-12-13-18/h14-19H,7-13H2,1-6H3. The van der Waals surface area contributed by atoms with Gasteiger partial charge in [0.05, 0.1) is 0 Å². The van der Waals surface area contributed by atoms with Gasteiger partial charge >= 0.3 is 0 Å². The summed E-state index contributed by atoms with van der Waals surface area (Å²) in [5, 5.41) is 0. The quantitative estimate of drug-likeness (QED) is 0.535. The molecular formula is C20H38. The molecule has 0 nitrogen and oxygen atoms in total. The van der Waals surface area contributed by atoms with Crippen molar-refractivity contribution in [2.45, 2.75) is 86.5 Å². The minimum atomic E-state index is 0.475. The van der Waals surface area contributed by atoms with Crippen LogP contribution in [0.2, 0.25) is 0 Å². The third-order valence-electron chi connectivity index (χ3n) is 6.71. The molecule has 0 amide bonds. The molecule has 0 heteroatoms. The Hall–Kier alpha value is 0. The Morgan fingerprint density at radius 3 is 1.50 bits per heavy atom. The third kappa shape index (κ3) is 3.80. The zero-order valence-corrected chi connectivity index (χ0v) is 14.9. The summed E-state index contributed by atoms with van der Waals surface area (Å²) in [5.74, 6) is 5.86. The highest BCUT2D eigenvalue weighted by Crippen LogP contribution is 2.51. The lowest BCUT2D eigenvalue weighted by Crippen LogP contribution is -2.37. The summed E-state index contributed by atoms with van der Waals surface area (Å²) < 4.78 is 0. The molecular weight excluding hydrogens is 240 g/mol. The first-order valence-corrected chi connectivity index (χ1v) is 9.34. The summed E-state index contributed by atoms with van der Waals surface area (Å²) in [7, 11) is 0. The van der Waals surface area contributed by atoms with E-state index in [4.69, 9.17) is 0 Å². The first kappa shape index (κ1) is 16.4. The molecule has 0 aromatic heterocycles. The highest BCUT2D eigenvalue weighted by Gasteiger charge is 2.43. The van der Waals surface area contributed by atoms with E-state index in [1.54, 1.807) is 0 Å². The molecule has 0 radical (unpaired) electrons. The van der Waals surface area contributed by atoms with Gasteiger partial charge in [-0.15, -0.1) is 0 Å². The Balaban J connectivity index is 2.01. The van der Waals surface area contributed by atoms with Crippen LogP contribution in [0.4, 0.5) is 0 Å². The second-order valence-electron chi connectivity index (χ2n) is 9.14. The van der Waals surface area contributed by atoms with Crippen LogP contribution in [0.1, 0.15) is 86.5 Å². The molecule has 2 saturated carbocycles. The van der Waals surface area contributed by atoms with Crippen LogP contribution >= 0.6 is 0 Å². The van der Waals surface area contributed by atoms with Crippen molar-refractivity contribution in [2.75, 3.05) is 0 Å². The Morgan fingerprint density at radius 1 is 0.800 bits per heavy atom. The van der Waals surface area contributed by atoms with E-state index in [0.717, 1.165) is 35.5 Å². The van der Waals surface area contributed by atoms with Gasteiger partial charge in [-0.25, -0.2) is 0 Å². The zero-order chi connectivity index (χ0) is 14.9. The molecule has 0 aromatic carbocycles. The Bertz CT molecular complexity index is 286. The smallest absolute Gasteiger partial charge is 0.0309 e. The predicted molar refractivity (Wildman–Crippen MR) is 89.7 cm³/mol. The summed E-state index contributed by atoms with van der Waals surface area (Å²) in [4.78, 5) is 0. The van der Waals surface area contributed by atoms with Crippen LogP contribution in [0.3, 0.4) is 0 Å². The van der Waals surface area contributed by atoms with Crippen LogP contribution in [0, 0.1) is 40.9 Å². The van der Waals surface area contributed by atoms with Crippen LogP contribution in [0.15, 0.2) is 0 Å². The molecule has 0 aliphatic heterocycles. The fourth-order valence-corrected chi connectivity index (χ4v) is 5.39. The summed E-state index contributed by atoms with van der Waals surface area (Å²) in [6, 6.07) is 0. The minimum absolute atomic E-state index is 0.475. The molecule has 2 rings (SSSR count). The summed E-state index contributed by atoms with van der Waals surface area (Å²) >= 11 is 0. The predicted octanol–water partition coefficient (Wildman–Crippen LogP) is 6.55. The van der Waals surface area contributed by atoms with E-state index in [9.17, 15) is 0 Å². The molecule has 0 N–H and O–H groups in total. The largest absolute Gasteiger partial charge is 0.0651 e. The first-order chi connectivity index (χ1) is 9.34. The van der Waals surface area contributed by atoms with Crippen molar-refractivity contribution >= 4 is 0 Å². The molecule has 2 aliphatic rings. The van der Waals surface area contributed by atoms with Gasteiger partial charge in [-0.2, -0.15) is 0 Å². The van der Waals surface area contributed by atoms with Gasteiger partial charge in [0.2, 0.25) is 0 Å². The van der Waals surface area contributed by atoms with Crippen LogP contribution in [-0.4, -0.2) is 0 Å². The van der Waals surface area contributed by atoms with Crippen molar-refractivity contribution in [1.29, 1.82) is 0 Å². The van der Waals surface area contributed by atoms with Crippen molar-refractivity contribution in [2.24, 2.45) is 40.9 Å². The Morgan fingerprint density at radius 2 is 1.20 bits per heavy atom. The van der Waals surface area contributed by atoms with E-state index in [2.05, 4.69) is 41.5 Å². The van der Waals surface area contributed by atoms with Gasteiger partial charge in [-0.05, 0) is 66.6 Å². The Labute approximate surface area is 128 Å². The van der Waals surface area contributed by atoms with E-state index in [1.165, 1.54) is 44.9 Å². The first-order valence-electron chi connectivity index (χ1n) is 9.34. The maximum atomic E-state index is 2.59. The molecule has 0 spiro atoms. The zero-order valence-electron chi connectivity index (χ0n) is 14.9. The molecule has 0 saturated heterocycles. The monoisotopic (exact) mass is 278 g/mol. The topological polar surface area (TPSA) is 0 Å². The molecule has 0 bridgehead atoms. The molecule has 118 valence electrons. The van der Waals surface area contributed by atoms with Crippen LogP contribution in [-0.2, 0) is 0 Å². The summed E-state index contributed by atoms with van der Waals surface area (Å²) in [5.41, 5.74) is 0.475. The minimum Gasteiger partial charge on any atom is -0.0651 e. The molecule has 20 heavy (non-hydrogen) atoms.